The summed E-state index contributed by atoms with van der Waals surface area (Å²) >= 11 is 3.44. The molecular formula is C21H20BrNO4. The molecule has 4 rings (SSSR count). The van der Waals surface area contributed by atoms with E-state index >= 15 is 0 Å². The fraction of sp³-hybridized carbons (Fsp3) is 0.286. The molecule has 1 aromatic heterocycles. The van der Waals surface area contributed by atoms with Gasteiger partial charge < -0.3 is 18.8 Å². The largest absolute Gasteiger partial charge is 0.493 e. The smallest absolute Gasteiger partial charge is 0.200 e. The van der Waals surface area contributed by atoms with Crippen LogP contribution in [0.25, 0.3) is 11.0 Å². The van der Waals surface area contributed by atoms with Crippen LogP contribution in [0.5, 0.6) is 5.75 Å². The third-order valence-electron chi connectivity index (χ3n) is 4.58. The van der Waals surface area contributed by atoms with Crippen molar-refractivity contribution < 1.29 is 13.9 Å². The molecule has 27 heavy (non-hydrogen) atoms. The van der Waals surface area contributed by atoms with E-state index in [0.717, 1.165) is 24.0 Å². The third kappa shape index (κ3) is 4.34. The Hall–Kier alpha value is -2.31. The SMILES string of the molecule is O=c1cc(N2CCOCC2)oc2cc(OCCc3ccc(Br)cc3)ccc12. The van der Waals surface area contributed by atoms with Crippen molar-refractivity contribution in [2.45, 2.75) is 6.42 Å². The van der Waals surface area contributed by atoms with E-state index in [2.05, 4.69) is 28.1 Å². The van der Waals surface area contributed by atoms with Gasteiger partial charge in [0.2, 0.25) is 0 Å². The number of nitrogens with zero attached hydrogens (tertiary/aromatic N) is 1. The predicted octanol–water partition coefficient (Wildman–Crippen LogP) is 4.01. The van der Waals surface area contributed by atoms with Crippen LogP contribution in [0.15, 0.2) is 62.2 Å². The van der Waals surface area contributed by atoms with E-state index in [1.165, 1.54) is 5.56 Å². The van der Waals surface area contributed by atoms with Gasteiger partial charge in [0.1, 0.15) is 11.3 Å². The van der Waals surface area contributed by atoms with E-state index in [1.54, 1.807) is 18.2 Å². The molecular weight excluding hydrogens is 410 g/mol. The minimum atomic E-state index is -0.0424. The van der Waals surface area contributed by atoms with Crippen molar-refractivity contribution in [2.24, 2.45) is 0 Å². The third-order valence-corrected chi connectivity index (χ3v) is 5.11. The maximum atomic E-state index is 12.4. The Morgan fingerprint density at radius 3 is 2.59 bits per heavy atom. The van der Waals surface area contributed by atoms with Crippen LogP contribution in [0.1, 0.15) is 5.56 Å². The fourth-order valence-electron chi connectivity index (χ4n) is 3.09. The first-order chi connectivity index (χ1) is 13.2. The van der Waals surface area contributed by atoms with Crippen LogP contribution in [-0.4, -0.2) is 32.9 Å². The van der Waals surface area contributed by atoms with Gasteiger partial charge >= 0.3 is 0 Å². The lowest BCUT2D eigenvalue weighted by atomic mass is 10.2. The molecule has 0 spiro atoms. The summed E-state index contributed by atoms with van der Waals surface area (Å²) in [6, 6.07) is 15.1. The molecule has 1 aliphatic heterocycles. The van der Waals surface area contributed by atoms with Gasteiger partial charge in [-0.05, 0) is 29.8 Å². The molecule has 3 aromatic rings. The van der Waals surface area contributed by atoms with E-state index in [-0.39, 0.29) is 5.43 Å². The molecule has 1 aliphatic rings. The van der Waals surface area contributed by atoms with E-state index in [1.807, 2.05) is 23.1 Å². The average molecular weight is 430 g/mol. The van der Waals surface area contributed by atoms with Gasteiger partial charge in [-0.25, -0.2) is 0 Å². The molecule has 1 saturated heterocycles. The first-order valence-corrected chi connectivity index (χ1v) is 9.76. The molecule has 0 bridgehead atoms. The molecule has 0 N–H and O–H groups in total. The summed E-state index contributed by atoms with van der Waals surface area (Å²) in [7, 11) is 0. The Balaban J connectivity index is 1.50. The van der Waals surface area contributed by atoms with Gasteiger partial charge in [-0.2, -0.15) is 0 Å². The van der Waals surface area contributed by atoms with Crippen molar-refractivity contribution in [2.75, 3.05) is 37.8 Å². The number of hydrogen-bond acceptors (Lipinski definition) is 5. The highest BCUT2D eigenvalue weighted by Crippen LogP contribution is 2.24. The van der Waals surface area contributed by atoms with Crippen molar-refractivity contribution >= 4 is 32.8 Å². The Kier molecular flexibility index (Phi) is 5.45. The monoisotopic (exact) mass is 429 g/mol. The van der Waals surface area contributed by atoms with Gasteiger partial charge in [-0.3, -0.25) is 4.79 Å². The molecule has 0 saturated carbocycles. The lowest BCUT2D eigenvalue weighted by Crippen LogP contribution is -2.36. The summed E-state index contributed by atoms with van der Waals surface area (Å²) in [5, 5.41) is 0.562. The zero-order valence-electron chi connectivity index (χ0n) is 14.8. The van der Waals surface area contributed by atoms with Gasteiger partial charge in [0, 0.05) is 36.1 Å². The topological polar surface area (TPSA) is 51.9 Å². The van der Waals surface area contributed by atoms with E-state index < -0.39 is 0 Å². The maximum Gasteiger partial charge on any atom is 0.200 e. The second-order valence-electron chi connectivity index (χ2n) is 6.43. The van der Waals surface area contributed by atoms with E-state index in [0.29, 0.717) is 42.4 Å². The second-order valence-corrected chi connectivity index (χ2v) is 7.35. The number of anilines is 1. The zero-order valence-corrected chi connectivity index (χ0v) is 16.4. The zero-order chi connectivity index (χ0) is 18.6. The molecule has 1 fully saturated rings. The van der Waals surface area contributed by atoms with Crippen LogP contribution < -0.4 is 15.1 Å². The highest BCUT2D eigenvalue weighted by Gasteiger charge is 2.15. The minimum absolute atomic E-state index is 0.0424. The van der Waals surface area contributed by atoms with Crippen molar-refractivity contribution in [3.63, 3.8) is 0 Å². The summed E-state index contributed by atoms with van der Waals surface area (Å²) in [6.07, 6.45) is 0.809. The molecule has 0 amide bonds. The predicted molar refractivity (Wildman–Crippen MR) is 109 cm³/mol. The number of halogens is 1. The summed E-state index contributed by atoms with van der Waals surface area (Å²) in [6.45, 7) is 3.28. The van der Waals surface area contributed by atoms with Crippen LogP contribution in [-0.2, 0) is 11.2 Å². The minimum Gasteiger partial charge on any atom is -0.493 e. The Labute approximate surface area is 165 Å². The van der Waals surface area contributed by atoms with Crippen LogP contribution in [0, 0.1) is 0 Å². The second kappa shape index (κ2) is 8.15. The summed E-state index contributed by atoms with van der Waals surface area (Å²) in [4.78, 5) is 14.5. The Bertz CT molecular complexity index is 978. The highest BCUT2D eigenvalue weighted by atomic mass is 79.9. The van der Waals surface area contributed by atoms with E-state index in [9.17, 15) is 4.79 Å². The first-order valence-electron chi connectivity index (χ1n) is 8.97. The number of rotatable bonds is 5. The lowest BCUT2D eigenvalue weighted by Gasteiger charge is -2.27. The van der Waals surface area contributed by atoms with Crippen molar-refractivity contribution in [1.29, 1.82) is 0 Å². The van der Waals surface area contributed by atoms with Crippen LogP contribution >= 0.6 is 15.9 Å². The number of ether oxygens (including phenoxy) is 2. The molecule has 0 radical (unpaired) electrons. The molecule has 140 valence electrons. The molecule has 0 aliphatic carbocycles. The maximum absolute atomic E-state index is 12.4. The number of morpholine rings is 1. The van der Waals surface area contributed by atoms with Gasteiger partial charge in [-0.15, -0.1) is 0 Å². The van der Waals surface area contributed by atoms with Gasteiger partial charge in [-0.1, -0.05) is 28.1 Å². The van der Waals surface area contributed by atoms with Crippen molar-refractivity contribution in [1.82, 2.24) is 0 Å². The fourth-order valence-corrected chi connectivity index (χ4v) is 3.35. The summed E-state index contributed by atoms with van der Waals surface area (Å²) < 4.78 is 18.3. The molecule has 0 atom stereocenters. The number of fused-ring (bicyclic) bond motifs is 1. The van der Waals surface area contributed by atoms with Crippen LogP contribution in [0.3, 0.4) is 0 Å². The Morgan fingerprint density at radius 2 is 1.81 bits per heavy atom. The summed E-state index contributed by atoms with van der Waals surface area (Å²) in [5.74, 6) is 1.28. The molecule has 0 unspecified atom stereocenters. The van der Waals surface area contributed by atoms with Crippen LogP contribution in [0.4, 0.5) is 5.88 Å². The lowest BCUT2D eigenvalue weighted by molar-refractivity contribution is 0.121. The van der Waals surface area contributed by atoms with Crippen molar-refractivity contribution in [3.8, 4) is 5.75 Å². The average Bonchev–Trinajstić information content (AvgIpc) is 2.70. The van der Waals surface area contributed by atoms with Gasteiger partial charge in [0.05, 0.1) is 25.2 Å². The van der Waals surface area contributed by atoms with Gasteiger partial charge in [0.25, 0.3) is 0 Å². The van der Waals surface area contributed by atoms with Crippen molar-refractivity contribution in [3.05, 3.63) is 68.8 Å². The Morgan fingerprint density at radius 1 is 1.04 bits per heavy atom. The standard InChI is InChI=1S/C21H20BrNO4/c22-16-3-1-15(2-4-16)7-10-26-17-5-6-18-19(24)14-21(27-20(18)13-17)23-8-11-25-12-9-23/h1-6,13-14H,7-12H2. The molecule has 6 heteroatoms. The first kappa shape index (κ1) is 18.1. The highest BCUT2D eigenvalue weighted by molar-refractivity contribution is 9.10. The quantitative estimate of drug-likeness (QED) is 0.612. The van der Waals surface area contributed by atoms with E-state index in [4.69, 9.17) is 13.9 Å². The normalized spacial score (nSPS) is 14.5. The number of benzene rings is 2. The van der Waals surface area contributed by atoms with Gasteiger partial charge in [0.15, 0.2) is 11.3 Å². The number of hydrogen-bond donors (Lipinski definition) is 0. The molecule has 2 heterocycles. The summed E-state index contributed by atoms with van der Waals surface area (Å²) in [5.41, 5.74) is 1.71. The molecule has 5 nitrogen and oxygen atoms in total. The molecule has 2 aromatic carbocycles. The van der Waals surface area contributed by atoms with Crippen LogP contribution in [0.2, 0.25) is 0 Å².